The van der Waals surface area contributed by atoms with Crippen LogP contribution in [0.1, 0.15) is 43.0 Å². The maximum atomic E-state index is 12.6. The minimum Gasteiger partial charge on any atom is -0.465 e. The third-order valence-electron chi connectivity index (χ3n) is 5.68. The average molecular weight is 506 g/mol. The summed E-state index contributed by atoms with van der Waals surface area (Å²) in [7, 11) is -2.72. The number of amides is 2. The van der Waals surface area contributed by atoms with Gasteiger partial charge in [-0.15, -0.1) is 6.42 Å². The predicted molar refractivity (Wildman–Crippen MR) is 129 cm³/mol. The molecule has 1 aliphatic rings. The summed E-state index contributed by atoms with van der Waals surface area (Å²) in [6, 6.07) is 4.87. The lowest BCUT2D eigenvalue weighted by Gasteiger charge is -2.35. The van der Waals surface area contributed by atoms with E-state index in [1.165, 1.54) is 7.11 Å². The smallest absolute Gasteiger partial charge is 0.337 e. The zero-order valence-corrected chi connectivity index (χ0v) is 20.8. The number of carbonyl (C=O) groups excluding carboxylic acids is 3. The molecule has 34 heavy (non-hydrogen) atoms. The molecule has 1 aromatic carbocycles. The van der Waals surface area contributed by atoms with Crippen molar-refractivity contribution in [1.82, 2.24) is 9.47 Å². The van der Waals surface area contributed by atoms with E-state index < -0.39 is 39.1 Å². The third-order valence-corrected chi connectivity index (χ3v) is 8.09. The predicted octanol–water partition coefficient (Wildman–Crippen LogP) is 1.76. The zero-order valence-electron chi connectivity index (χ0n) is 19.2. The second-order valence-electron chi connectivity index (χ2n) is 8.03. The monoisotopic (exact) mass is 505 g/mol. The molecule has 182 valence electrons. The number of hydrogen-bond donors (Lipinski definition) is 0. The molecule has 0 spiro atoms. The van der Waals surface area contributed by atoms with E-state index in [0.29, 0.717) is 22.3 Å². The lowest BCUT2D eigenvalue weighted by Crippen LogP contribution is -2.46. The topological polar surface area (TPSA) is 115 Å². The number of benzene rings is 1. The van der Waals surface area contributed by atoms with Gasteiger partial charge in [0.25, 0.3) is 5.91 Å². The fourth-order valence-corrected chi connectivity index (χ4v) is 6.22. The number of terminal acetylenes is 1. The number of fused-ring (bicyclic) bond motifs is 1. The number of aromatic nitrogens is 1. The summed E-state index contributed by atoms with van der Waals surface area (Å²) < 4.78 is 32.2. The Hall–Kier alpha value is -2.97. The van der Waals surface area contributed by atoms with Crippen molar-refractivity contribution >= 4 is 49.2 Å². The van der Waals surface area contributed by atoms with Crippen molar-refractivity contribution in [3.8, 4) is 12.3 Å². The van der Waals surface area contributed by atoms with E-state index in [4.69, 9.17) is 11.2 Å². The molecule has 2 amide bonds. The van der Waals surface area contributed by atoms with Crippen molar-refractivity contribution in [3.63, 3.8) is 0 Å². The van der Waals surface area contributed by atoms with E-state index in [0.717, 1.165) is 37.0 Å². The van der Waals surface area contributed by atoms with Crippen molar-refractivity contribution in [2.24, 2.45) is 4.99 Å². The molecule has 9 nitrogen and oxygen atoms in total. The molecule has 1 aliphatic heterocycles. The maximum absolute atomic E-state index is 12.6. The molecule has 2 aromatic rings. The van der Waals surface area contributed by atoms with Gasteiger partial charge in [0, 0.05) is 12.6 Å². The number of methoxy groups -OCH3 is 1. The first-order valence-electron chi connectivity index (χ1n) is 10.9. The lowest BCUT2D eigenvalue weighted by molar-refractivity contribution is -0.132. The van der Waals surface area contributed by atoms with Gasteiger partial charge in [-0.1, -0.05) is 24.2 Å². The van der Waals surface area contributed by atoms with E-state index >= 15 is 0 Å². The summed E-state index contributed by atoms with van der Waals surface area (Å²) in [5, 5.41) is 0. The van der Waals surface area contributed by atoms with Gasteiger partial charge in [-0.3, -0.25) is 9.59 Å². The summed E-state index contributed by atoms with van der Waals surface area (Å²) in [5.41, 5.74) is 0.974. The van der Waals surface area contributed by atoms with Gasteiger partial charge in [0.15, 0.2) is 14.6 Å². The van der Waals surface area contributed by atoms with Crippen LogP contribution in [0.2, 0.25) is 0 Å². The van der Waals surface area contributed by atoms with Crippen molar-refractivity contribution in [1.29, 1.82) is 0 Å². The molecule has 1 saturated heterocycles. The van der Waals surface area contributed by atoms with E-state index in [1.807, 2.05) is 6.92 Å². The molecule has 0 bridgehead atoms. The van der Waals surface area contributed by atoms with Crippen molar-refractivity contribution < 1.29 is 27.5 Å². The largest absolute Gasteiger partial charge is 0.465 e. The van der Waals surface area contributed by atoms with E-state index in [-0.39, 0.29) is 17.4 Å². The number of piperidine rings is 1. The molecule has 3 rings (SSSR count). The average Bonchev–Trinajstić information content (AvgIpc) is 3.13. The fourth-order valence-electron chi connectivity index (χ4n) is 4.05. The first-order valence-corrected chi connectivity index (χ1v) is 13.6. The van der Waals surface area contributed by atoms with Gasteiger partial charge < -0.3 is 14.2 Å². The third kappa shape index (κ3) is 5.93. The first-order chi connectivity index (χ1) is 16.2. The van der Waals surface area contributed by atoms with Crippen LogP contribution in [-0.4, -0.2) is 66.9 Å². The Morgan fingerprint density at radius 2 is 2.03 bits per heavy atom. The highest BCUT2D eigenvalue weighted by molar-refractivity contribution is 7.92. The van der Waals surface area contributed by atoms with Gasteiger partial charge in [0.1, 0.15) is 11.5 Å². The number of nitrogens with zero attached hydrogens (tertiary/aromatic N) is 3. The van der Waals surface area contributed by atoms with Gasteiger partial charge in [-0.25, -0.2) is 13.2 Å². The number of sulfone groups is 1. The number of esters is 1. The van der Waals surface area contributed by atoms with Crippen LogP contribution in [0.5, 0.6) is 0 Å². The van der Waals surface area contributed by atoms with E-state index in [9.17, 15) is 22.8 Å². The van der Waals surface area contributed by atoms with Crippen LogP contribution in [0.15, 0.2) is 23.2 Å². The number of carbonyl (C=O) groups is 3. The van der Waals surface area contributed by atoms with Crippen LogP contribution in [0, 0.1) is 12.3 Å². The fraction of sp³-hybridized carbons (Fsp3) is 0.478. The summed E-state index contributed by atoms with van der Waals surface area (Å²) in [4.78, 5) is 42.8. The van der Waals surface area contributed by atoms with Crippen LogP contribution in [0.25, 0.3) is 10.2 Å². The number of hydrogen-bond acceptors (Lipinski definition) is 7. The summed E-state index contributed by atoms with van der Waals surface area (Å²) in [6.07, 6.45) is 8.93. The molecule has 2 heterocycles. The van der Waals surface area contributed by atoms with Crippen LogP contribution in [0.3, 0.4) is 0 Å². The second-order valence-corrected chi connectivity index (χ2v) is 11.1. The normalized spacial score (nSPS) is 16.9. The molecule has 1 atom stereocenters. The van der Waals surface area contributed by atoms with E-state index in [1.54, 1.807) is 27.7 Å². The van der Waals surface area contributed by atoms with Gasteiger partial charge in [-0.2, -0.15) is 4.99 Å². The van der Waals surface area contributed by atoms with Gasteiger partial charge in [0.2, 0.25) is 5.91 Å². The second kappa shape index (κ2) is 11.0. The highest BCUT2D eigenvalue weighted by atomic mass is 32.2. The van der Waals surface area contributed by atoms with Gasteiger partial charge in [-0.05, 0) is 43.9 Å². The molecular formula is C23H27N3O6S2. The van der Waals surface area contributed by atoms with Gasteiger partial charge >= 0.3 is 5.97 Å². The van der Waals surface area contributed by atoms with Crippen LogP contribution < -0.4 is 4.80 Å². The minimum atomic E-state index is -4.00. The Morgan fingerprint density at radius 3 is 2.71 bits per heavy atom. The number of thiazole rings is 1. The minimum absolute atomic E-state index is 0.0352. The zero-order chi connectivity index (χ0) is 24.9. The first kappa shape index (κ1) is 25.6. The molecule has 1 unspecified atom stereocenters. The van der Waals surface area contributed by atoms with Crippen molar-refractivity contribution in [2.75, 3.05) is 25.2 Å². The van der Waals surface area contributed by atoms with Crippen molar-refractivity contribution in [2.45, 2.75) is 45.2 Å². The summed E-state index contributed by atoms with van der Waals surface area (Å²) in [6.45, 7) is 2.60. The standard InChI is InChI=1S/C23H27N3O6S2/c1-4-11-26-18-10-9-16(22(29)32-3)13-19(18)33-23(26)24-20(27)14-34(30,31)15-21(28)25-12-7-6-8-17(25)5-2/h1,9-10,13,17H,5-8,11-12,14-15H2,2-3H3. The molecular weight excluding hydrogens is 478 g/mol. The number of likely N-dealkylation sites (tertiary alicyclic amines) is 1. The number of ether oxygens (including phenoxy) is 1. The Labute approximate surface area is 202 Å². The maximum Gasteiger partial charge on any atom is 0.337 e. The molecule has 1 fully saturated rings. The van der Waals surface area contributed by atoms with Crippen LogP contribution >= 0.6 is 11.3 Å². The highest BCUT2D eigenvalue weighted by Crippen LogP contribution is 2.21. The summed E-state index contributed by atoms with van der Waals surface area (Å²) in [5.74, 6) is -0.978. The molecule has 0 aliphatic carbocycles. The molecule has 0 saturated carbocycles. The summed E-state index contributed by atoms with van der Waals surface area (Å²) >= 11 is 1.10. The van der Waals surface area contributed by atoms with Crippen LogP contribution in [0.4, 0.5) is 0 Å². The SMILES string of the molecule is C#CCn1c(=NC(=O)CS(=O)(=O)CC(=O)N2CCCCC2CC)sc2cc(C(=O)OC)ccc21. The quantitative estimate of drug-likeness (QED) is 0.418. The number of rotatable bonds is 7. The van der Waals surface area contributed by atoms with Crippen LogP contribution in [-0.2, 0) is 30.7 Å². The van der Waals surface area contributed by atoms with Gasteiger partial charge in [0.05, 0.1) is 29.4 Å². The Bertz CT molecular complexity index is 1320. The Balaban J connectivity index is 1.83. The highest BCUT2D eigenvalue weighted by Gasteiger charge is 2.29. The molecule has 0 radical (unpaired) electrons. The van der Waals surface area contributed by atoms with E-state index in [2.05, 4.69) is 10.9 Å². The molecule has 11 heteroatoms. The Kier molecular flexibility index (Phi) is 8.28. The Morgan fingerprint density at radius 1 is 1.26 bits per heavy atom. The molecule has 1 aromatic heterocycles. The molecule has 0 N–H and O–H groups in total. The van der Waals surface area contributed by atoms with Crippen molar-refractivity contribution in [3.05, 3.63) is 28.6 Å². The lowest BCUT2D eigenvalue weighted by atomic mass is 10.0.